The number of amides is 1. The highest BCUT2D eigenvalue weighted by Gasteiger charge is 2.24. The Bertz CT molecular complexity index is 410. The average molecular weight is 275 g/mol. The van der Waals surface area contributed by atoms with Gasteiger partial charge in [0.05, 0.1) is 6.10 Å². The molecule has 0 aromatic heterocycles. The van der Waals surface area contributed by atoms with E-state index in [0.717, 1.165) is 37.2 Å². The number of aliphatic hydroxyl groups excluding tert-OH is 1. The van der Waals surface area contributed by atoms with Gasteiger partial charge in [-0.1, -0.05) is 37.3 Å². The van der Waals surface area contributed by atoms with Crippen molar-refractivity contribution in [1.82, 2.24) is 5.32 Å². The third-order valence-electron chi connectivity index (χ3n) is 4.21. The fourth-order valence-corrected chi connectivity index (χ4v) is 2.84. The number of carbonyl (C=O) groups is 1. The topological polar surface area (TPSA) is 49.3 Å². The summed E-state index contributed by atoms with van der Waals surface area (Å²) in [6.07, 6.45) is 4.34. The van der Waals surface area contributed by atoms with Crippen molar-refractivity contribution < 1.29 is 9.90 Å². The number of nitrogens with one attached hydrogen (secondary N) is 1. The van der Waals surface area contributed by atoms with Crippen LogP contribution in [0.25, 0.3) is 0 Å². The minimum atomic E-state index is -0.510. The fourth-order valence-electron chi connectivity index (χ4n) is 2.84. The molecule has 1 amide bonds. The third-order valence-corrected chi connectivity index (χ3v) is 4.21. The second-order valence-electron chi connectivity index (χ2n) is 6.05. The van der Waals surface area contributed by atoms with Gasteiger partial charge in [-0.15, -0.1) is 0 Å². The van der Waals surface area contributed by atoms with Crippen molar-refractivity contribution in [3.8, 4) is 0 Å². The van der Waals surface area contributed by atoms with Gasteiger partial charge in [0.2, 0.25) is 5.91 Å². The van der Waals surface area contributed by atoms with E-state index in [4.69, 9.17) is 0 Å². The number of carbonyl (C=O) groups excluding carboxylic acids is 1. The molecule has 2 N–H and O–H groups in total. The average Bonchev–Trinajstić information content (AvgIpc) is 2.46. The van der Waals surface area contributed by atoms with Gasteiger partial charge in [-0.25, -0.2) is 0 Å². The van der Waals surface area contributed by atoms with Gasteiger partial charge < -0.3 is 10.4 Å². The first-order chi connectivity index (χ1) is 9.65. The first kappa shape index (κ1) is 15.0. The Morgan fingerprint density at radius 3 is 2.55 bits per heavy atom. The van der Waals surface area contributed by atoms with Crippen molar-refractivity contribution in [2.75, 3.05) is 6.54 Å². The summed E-state index contributed by atoms with van der Waals surface area (Å²) in [6, 6.07) is 9.87. The monoisotopic (exact) mass is 275 g/mol. The summed E-state index contributed by atoms with van der Waals surface area (Å²) < 4.78 is 0. The van der Waals surface area contributed by atoms with Crippen molar-refractivity contribution >= 4 is 5.91 Å². The predicted molar refractivity (Wildman–Crippen MR) is 80.3 cm³/mol. The molecule has 0 spiro atoms. The van der Waals surface area contributed by atoms with Gasteiger partial charge in [0.1, 0.15) is 0 Å². The summed E-state index contributed by atoms with van der Waals surface area (Å²) >= 11 is 0. The normalized spacial score (nSPS) is 24.1. The molecule has 1 aliphatic rings. The van der Waals surface area contributed by atoms with E-state index in [1.165, 1.54) is 0 Å². The Balaban J connectivity index is 1.70. The Kier molecular flexibility index (Phi) is 5.60. The Labute approximate surface area is 121 Å². The first-order valence-corrected chi connectivity index (χ1v) is 7.65. The van der Waals surface area contributed by atoms with E-state index >= 15 is 0 Å². The molecule has 1 saturated carbocycles. The van der Waals surface area contributed by atoms with Gasteiger partial charge in [0, 0.05) is 18.9 Å². The molecule has 2 rings (SSSR count). The van der Waals surface area contributed by atoms with Crippen LogP contribution in [0, 0.1) is 11.8 Å². The van der Waals surface area contributed by atoms with Crippen molar-refractivity contribution in [3.63, 3.8) is 0 Å². The van der Waals surface area contributed by atoms with E-state index in [0.29, 0.717) is 13.0 Å². The second-order valence-corrected chi connectivity index (χ2v) is 6.05. The van der Waals surface area contributed by atoms with Crippen LogP contribution < -0.4 is 5.32 Å². The maximum Gasteiger partial charge on any atom is 0.223 e. The molecule has 1 aromatic rings. The van der Waals surface area contributed by atoms with Gasteiger partial charge >= 0.3 is 0 Å². The van der Waals surface area contributed by atoms with E-state index in [-0.39, 0.29) is 11.8 Å². The molecule has 1 aromatic carbocycles. The van der Waals surface area contributed by atoms with E-state index in [1.54, 1.807) is 0 Å². The molecule has 3 nitrogen and oxygen atoms in total. The number of hydrogen-bond donors (Lipinski definition) is 2. The van der Waals surface area contributed by atoms with Crippen LogP contribution >= 0.6 is 0 Å². The van der Waals surface area contributed by atoms with E-state index in [1.807, 2.05) is 30.3 Å². The van der Waals surface area contributed by atoms with Crippen LogP contribution in [0.5, 0.6) is 0 Å². The van der Waals surface area contributed by atoms with Crippen LogP contribution in [0.3, 0.4) is 0 Å². The SMILES string of the molecule is CC1CCC(C(=O)NCC(O)Cc2ccccc2)CC1. The van der Waals surface area contributed by atoms with Crippen LogP contribution in [0.4, 0.5) is 0 Å². The lowest BCUT2D eigenvalue weighted by molar-refractivity contribution is -0.126. The van der Waals surface area contributed by atoms with Crippen LogP contribution in [0.2, 0.25) is 0 Å². The molecule has 1 fully saturated rings. The largest absolute Gasteiger partial charge is 0.391 e. The fraction of sp³-hybridized carbons (Fsp3) is 0.588. The van der Waals surface area contributed by atoms with Gasteiger partial charge in [0.25, 0.3) is 0 Å². The van der Waals surface area contributed by atoms with Crippen molar-refractivity contribution in [3.05, 3.63) is 35.9 Å². The third kappa shape index (κ3) is 4.64. The molecule has 0 bridgehead atoms. The van der Waals surface area contributed by atoms with Gasteiger partial charge in [-0.3, -0.25) is 4.79 Å². The summed E-state index contributed by atoms with van der Waals surface area (Å²) in [4.78, 5) is 12.0. The zero-order valence-electron chi connectivity index (χ0n) is 12.2. The van der Waals surface area contributed by atoms with Gasteiger partial charge in [0.15, 0.2) is 0 Å². The quantitative estimate of drug-likeness (QED) is 0.867. The predicted octanol–water partition coefficient (Wildman–Crippen LogP) is 2.53. The molecule has 0 heterocycles. The minimum Gasteiger partial charge on any atom is -0.391 e. The van der Waals surface area contributed by atoms with Crippen molar-refractivity contribution in [2.24, 2.45) is 11.8 Å². The van der Waals surface area contributed by atoms with Crippen molar-refractivity contribution in [2.45, 2.75) is 45.1 Å². The first-order valence-electron chi connectivity index (χ1n) is 7.65. The van der Waals surface area contributed by atoms with E-state index < -0.39 is 6.10 Å². The summed E-state index contributed by atoms with van der Waals surface area (Å²) in [6.45, 7) is 2.59. The van der Waals surface area contributed by atoms with E-state index in [9.17, 15) is 9.90 Å². The molecular formula is C17H25NO2. The van der Waals surface area contributed by atoms with Crippen LogP contribution in [-0.4, -0.2) is 23.7 Å². The summed E-state index contributed by atoms with van der Waals surface area (Å²) in [5.74, 6) is 1.02. The molecular weight excluding hydrogens is 250 g/mol. The summed E-state index contributed by atoms with van der Waals surface area (Å²) in [5, 5.41) is 12.9. The molecule has 1 aliphatic carbocycles. The molecule has 3 heteroatoms. The lowest BCUT2D eigenvalue weighted by atomic mass is 9.82. The van der Waals surface area contributed by atoms with Gasteiger partial charge in [-0.2, -0.15) is 0 Å². The zero-order valence-corrected chi connectivity index (χ0v) is 12.2. The maximum atomic E-state index is 12.0. The molecule has 0 radical (unpaired) electrons. The Hall–Kier alpha value is -1.35. The number of benzene rings is 1. The lowest BCUT2D eigenvalue weighted by Gasteiger charge is -2.25. The standard InChI is InChI=1S/C17H25NO2/c1-13-7-9-15(10-8-13)17(20)18-12-16(19)11-14-5-3-2-4-6-14/h2-6,13,15-16,19H,7-12H2,1H3,(H,18,20). The molecule has 1 atom stereocenters. The molecule has 0 aliphatic heterocycles. The summed E-state index contributed by atoms with van der Waals surface area (Å²) in [7, 11) is 0. The van der Waals surface area contributed by atoms with Crippen LogP contribution in [0.15, 0.2) is 30.3 Å². The van der Waals surface area contributed by atoms with Crippen LogP contribution in [-0.2, 0) is 11.2 Å². The molecule has 0 saturated heterocycles. The van der Waals surface area contributed by atoms with E-state index in [2.05, 4.69) is 12.2 Å². The Morgan fingerprint density at radius 2 is 1.90 bits per heavy atom. The van der Waals surface area contributed by atoms with Crippen LogP contribution in [0.1, 0.15) is 38.2 Å². The minimum absolute atomic E-state index is 0.115. The summed E-state index contributed by atoms with van der Waals surface area (Å²) in [5.41, 5.74) is 1.10. The molecule has 1 unspecified atom stereocenters. The van der Waals surface area contributed by atoms with Crippen molar-refractivity contribution in [1.29, 1.82) is 0 Å². The highest BCUT2D eigenvalue weighted by atomic mass is 16.3. The van der Waals surface area contributed by atoms with Gasteiger partial charge in [-0.05, 0) is 37.2 Å². The smallest absolute Gasteiger partial charge is 0.223 e. The number of rotatable bonds is 5. The highest BCUT2D eigenvalue weighted by Crippen LogP contribution is 2.28. The lowest BCUT2D eigenvalue weighted by Crippen LogP contribution is -2.38. The second kappa shape index (κ2) is 7.44. The number of aliphatic hydroxyl groups is 1. The molecule has 20 heavy (non-hydrogen) atoms. The Morgan fingerprint density at radius 1 is 1.25 bits per heavy atom. The number of hydrogen-bond acceptors (Lipinski definition) is 2. The zero-order chi connectivity index (χ0) is 14.4. The highest BCUT2D eigenvalue weighted by molar-refractivity contribution is 5.78. The maximum absolute atomic E-state index is 12.0. The molecule has 110 valence electrons.